The average molecular weight is 241 g/mol. The van der Waals surface area contributed by atoms with Gasteiger partial charge >= 0.3 is 0 Å². The highest BCUT2D eigenvalue weighted by Gasteiger charge is 2.10. The van der Waals surface area contributed by atoms with Gasteiger partial charge in [0.2, 0.25) is 5.91 Å². The van der Waals surface area contributed by atoms with Crippen LogP contribution in [-0.4, -0.2) is 24.0 Å². The number of carbonyl (C=O) groups is 1. The van der Waals surface area contributed by atoms with Crippen LogP contribution in [0.4, 0.5) is 0 Å². The number of aryl methyl sites for hydroxylation is 2. The molecule has 0 saturated heterocycles. The number of nitrogens with one attached hydrogen (secondary N) is 1. The third-order valence-electron chi connectivity index (χ3n) is 2.51. The Hall–Kier alpha value is -0.940. The molecule has 0 aliphatic carbocycles. The number of aromatic nitrogens is 1. The molecule has 3 N–H and O–H groups in total. The predicted molar refractivity (Wildman–Crippen MR) is 66.5 cm³/mol. The minimum atomic E-state index is -0.111. The van der Waals surface area contributed by atoms with Gasteiger partial charge in [-0.1, -0.05) is 6.92 Å². The lowest BCUT2D eigenvalue weighted by molar-refractivity contribution is -0.124. The molecule has 0 aliphatic heterocycles. The number of rotatable bonds is 5. The summed E-state index contributed by atoms with van der Waals surface area (Å²) in [5.74, 6) is -0.0905. The standard InChI is InChI=1S/C11H19N3OS/c1-7(6-12)11(15)13-5-4-10-14-8(2)9(3)16-10/h7H,4-6,12H2,1-3H3,(H,13,15). The van der Waals surface area contributed by atoms with E-state index in [1.165, 1.54) is 4.88 Å². The third kappa shape index (κ3) is 3.57. The van der Waals surface area contributed by atoms with Crippen LogP contribution in [0, 0.1) is 19.8 Å². The molecule has 0 spiro atoms. The van der Waals surface area contributed by atoms with Crippen LogP contribution < -0.4 is 11.1 Å². The maximum absolute atomic E-state index is 11.4. The van der Waals surface area contributed by atoms with Crippen LogP contribution in [0.5, 0.6) is 0 Å². The Balaban J connectivity index is 2.33. The van der Waals surface area contributed by atoms with Crippen molar-refractivity contribution in [2.45, 2.75) is 27.2 Å². The summed E-state index contributed by atoms with van der Waals surface area (Å²) in [5, 5.41) is 3.94. The van der Waals surface area contributed by atoms with E-state index in [1.54, 1.807) is 11.3 Å². The smallest absolute Gasteiger partial charge is 0.224 e. The molecule has 4 nitrogen and oxygen atoms in total. The highest BCUT2D eigenvalue weighted by molar-refractivity contribution is 7.11. The molecule has 1 unspecified atom stereocenters. The molecule has 0 radical (unpaired) electrons. The normalized spacial score (nSPS) is 12.5. The van der Waals surface area contributed by atoms with Crippen LogP contribution in [0.2, 0.25) is 0 Å². The Bertz CT molecular complexity index is 343. The molecule has 1 heterocycles. The number of hydrogen-bond acceptors (Lipinski definition) is 4. The molecule has 0 aromatic carbocycles. The van der Waals surface area contributed by atoms with Crippen molar-refractivity contribution in [2.75, 3.05) is 13.1 Å². The molecule has 1 rings (SSSR count). The van der Waals surface area contributed by atoms with E-state index in [0.717, 1.165) is 17.1 Å². The summed E-state index contributed by atoms with van der Waals surface area (Å²) < 4.78 is 0. The van der Waals surface area contributed by atoms with E-state index in [9.17, 15) is 4.79 Å². The zero-order chi connectivity index (χ0) is 12.1. The lowest BCUT2D eigenvalue weighted by atomic mass is 10.2. The minimum absolute atomic E-state index is 0.0208. The number of thiazole rings is 1. The fourth-order valence-electron chi connectivity index (χ4n) is 1.22. The second kappa shape index (κ2) is 5.96. The lowest BCUT2D eigenvalue weighted by Gasteiger charge is -2.08. The first-order valence-electron chi connectivity index (χ1n) is 5.45. The van der Waals surface area contributed by atoms with Crippen LogP contribution in [0.15, 0.2) is 0 Å². The first-order chi connectivity index (χ1) is 7.54. The van der Waals surface area contributed by atoms with Gasteiger partial charge in [-0.3, -0.25) is 4.79 Å². The molecule has 1 atom stereocenters. The van der Waals surface area contributed by atoms with E-state index < -0.39 is 0 Å². The maximum Gasteiger partial charge on any atom is 0.224 e. The van der Waals surface area contributed by atoms with E-state index in [1.807, 2.05) is 13.8 Å². The van der Waals surface area contributed by atoms with Gasteiger partial charge in [-0.25, -0.2) is 4.98 Å². The maximum atomic E-state index is 11.4. The SMILES string of the molecule is Cc1nc(CCNC(=O)C(C)CN)sc1C. The van der Waals surface area contributed by atoms with Crippen molar-refractivity contribution in [3.63, 3.8) is 0 Å². The molecule has 1 amide bonds. The number of nitrogens with two attached hydrogens (primary N) is 1. The summed E-state index contributed by atoms with van der Waals surface area (Å²) >= 11 is 1.69. The molecule has 90 valence electrons. The molecule has 0 fully saturated rings. The van der Waals surface area contributed by atoms with Gasteiger partial charge in [0.05, 0.1) is 10.7 Å². The van der Waals surface area contributed by atoms with Gasteiger partial charge in [0.15, 0.2) is 0 Å². The summed E-state index contributed by atoms with van der Waals surface area (Å²) in [7, 11) is 0. The number of amides is 1. The van der Waals surface area contributed by atoms with Crippen molar-refractivity contribution >= 4 is 17.2 Å². The molecular formula is C11H19N3OS. The number of nitrogens with zero attached hydrogens (tertiary/aromatic N) is 1. The van der Waals surface area contributed by atoms with Gasteiger partial charge in [0.1, 0.15) is 0 Å². The van der Waals surface area contributed by atoms with Crippen LogP contribution in [0.25, 0.3) is 0 Å². The van der Waals surface area contributed by atoms with Crippen LogP contribution in [0.3, 0.4) is 0 Å². The molecule has 0 bridgehead atoms. The Morgan fingerprint density at radius 1 is 1.56 bits per heavy atom. The predicted octanol–water partition coefficient (Wildman–Crippen LogP) is 1.01. The second-order valence-corrected chi connectivity index (χ2v) is 5.21. The third-order valence-corrected chi connectivity index (χ3v) is 3.64. The summed E-state index contributed by atoms with van der Waals surface area (Å²) in [6, 6.07) is 0. The first kappa shape index (κ1) is 13.1. The molecule has 0 aliphatic rings. The fraction of sp³-hybridized carbons (Fsp3) is 0.636. The van der Waals surface area contributed by atoms with Gasteiger partial charge in [-0.2, -0.15) is 0 Å². The van der Waals surface area contributed by atoms with E-state index in [0.29, 0.717) is 13.1 Å². The Morgan fingerprint density at radius 2 is 2.25 bits per heavy atom. The molecule has 1 aromatic rings. The summed E-state index contributed by atoms with van der Waals surface area (Å²) in [6.07, 6.45) is 0.794. The van der Waals surface area contributed by atoms with Crippen molar-refractivity contribution in [1.82, 2.24) is 10.3 Å². The highest BCUT2D eigenvalue weighted by Crippen LogP contribution is 2.16. The van der Waals surface area contributed by atoms with Gasteiger partial charge in [-0.05, 0) is 13.8 Å². The highest BCUT2D eigenvalue weighted by atomic mass is 32.1. The van der Waals surface area contributed by atoms with Crippen molar-refractivity contribution in [1.29, 1.82) is 0 Å². The fourth-order valence-corrected chi connectivity index (χ4v) is 2.15. The topological polar surface area (TPSA) is 68.0 Å². The average Bonchev–Trinajstić information content (AvgIpc) is 2.57. The first-order valence-corrected chi connectivity index (χ1v) is 6.27. The van der Waals surface area contributed by atoms with E-state index in [4.69, 9.17) is 5.73 Å². The largest absolute Gasteiger partial charge is 0.355 e. The summed E-state index contributed by atoms with van der Waals surface area (Å²) in [6.45, 7) is 6.92. The molecule has 0 saturated carbocycles. The van der Waals surface area contributed by atoms with Crippen molar-refractivity contribution < 1.29 is 4.79 Å². The lowest BCUT2D eigenvalue weighted by Crippen LogP contribution is -2.34. The van der Waals surface area contributed by atoms with Crippen LogP contribution >= 0.6 is 11.3 Å². The van der Waals surface area contributed by atoms with Crippen molar-refractivity contribution in [3.05, 3.63) is 15.6 Å². The van der Waals surface area contributed by atoms with Crippen molar-refractivity contribution in [3.8, 4) is 0 Å². The Kier molecular flexibility index (Phi) is 4.89. The Labute approximate surface area is 100 Å². The molecule has 16 heavy (non-hydrogen) atoms. The van der Waals surface area contributed by atoms with E-state index >= 15 is 0 Å². The molecule has 5 heteroatoms. The van der Waals surface area contributed by atoms with Crippen LogP contribution in [0.1, 0.15) is 22.5 Å². The van der Waals surface area contributed by atoms with Gasteiger partial charge < -0.3 is 11.1 Å². The summed E-state index contributed by atoms with van der Waals surface area (Å²) in [5.41, 5.74) is 6.49. The Morgan fingerprint density at radius 3 is 2.75 bits per heavy atom. The minimum Gasteiger partial charge on any atom is -0.355 e. The second-order valence-electron chi connectivity index (χ2n) is 3.93. The van der Waals surface area contributed by atoms with E-state index in [-0.39, 0.29) is 11.8 Å². The van der Waals surface area contributed by atoms with Crippen LogP contribution in [-0.2, 0) is 11.2 Å². The summed E-state index contributed by atoms with van der Waals surface area (Å²) in [4.78, 5) is 17.1. The zero-order valence-corrected chi connectivity index (χ0v) is 10.9. The van der Waals surface area contributed by atoms with Gasteiger partial charge in [0.25, 0.3) is 0 Å². The van der Waals surface area contributed by atoms with Crippen molar-refractivity contribution in [2.24, 2.45) is 11.7 Å². The van der Waals surface area contributed by atoms with Gasteiger partial charge in [0, 0.05) is 30.3 Å². The monoisotopic (exact) mass is 241 g/mol. The van der Waals surface area contributed by atoms with Gasteiger partial charge in [-0.15, -0.1) is 11.3 Å². The number of carbonyl (C=O) groups excluding carboxylic acids is 1. The number of hydrogen-bond donors (Lipinski definition) is 2. The zero-order valence-electron chi connectivity index (χ0n) is 10.0. The molecular weight excluding hydrogens is 222 g/mol. The van der Waals surface area contributed by atoms with E-state index in [2.05, 4.69) is 17.2 Å². The quantitative estimate of drug-likeness (QED) is 0.808. The molecule has 1 aromatic heterocycles.